The molecular formula is C24H26N2O4S. The van der Waals surface area contributed by atoms with Crippen molar-refractivity contribution in [2.45, 2.75) is 12.8 Å². The molecule has 0 radical (unpaired) electrons. The molecule has 0 aliphatic heterocycles. The Morgan fingerprint density at radius 2 is 1.45 bits per heavy atom. The van der Waals surface area contributed by atoms with E-state index in [-0.39, 0.29) is 18.4 Å². The molecule has 0 saturated carbocycles. The zero-order chi connectivity index (χ0) is 22.3. The van der Waals surface area contributed by atoms with Crippen molar-refractivity contribution in [2.75, 3.05) is 23.7 Å². The largest absolute Gasteiger partial charge is 0.457 e. The van der Waals surface area contributed by atoms with Gasteiger partial charge in [-0.2, -0.15) is 0 Å². The maximum Gasteiger partial charge on any atom is 0.240 e. The van der Waals surface area contributed by atoms with Crippen molar-refractivity contribution >= 4 is 21.6 Å². The minimum atomic E-state index is -3.64. The van der Waals surface area contributed by atoms with E-state index < -0.39 is 10.0 Å². The highest BCUT2D eigenvalue weighted by atomic mass is 32.2. The zero-order valence-electron chi connectivity index (χ0n) is 17.6. The van der Waals surface area contributed by atoms with Crippen molar-refractivity contribution in [1.82, 2.24) is 5.32 Å². The standard InChI is InChI=1S/C24H26N2O4S/c1-19(20-9-5-3-6-10-20)17-25-24(27)18-26(31(2,28)29)21-13-15-23(16-14-21)30-22-11-7-4-8-12-22/h3-16,19H,17-18H2,1-2H3,(H,25,27)/t19-/m1/s1. The van der Waals surface area contributed by atoms with Gasteiger partial charge < -0.3 is 10.1 Å². The summed E-state index contributed by atoms with van der Waals surface area (Å²) < 4.78 is 31.5. The van der Waals surface area contributed by atoms with Crippen LogP contribution in [-0.2, 0) is 14.8 Å². The molecule has 31 heavy (non-hydrogen) atoms. The molecule has 0 aliphatic carbocycles. The molecule has 162 valence electrons. The molecule has 0 fully saturated rings. The second-order valence-corrected chi connectivity index (χ2v) is 9.20. The van der Waals surface area contributed by atoms with Gasteiger partial charge in [0.15, 0.2) is 0 Å². The van der Waals surface area contributed by atoms with Gasteiger partial charge >= 0.3 is 0 Å². The maximum absolute atomic E-state index is 12.5. The topological polar surface area (TPSA) is 75.7 Å². The Kier molecular flexibility index (Phi) is 7.31. The molecular weight excluding hydrogens is 412 g/mol. The second kappa shape index (κ2) is 10.1. The van der Waals surface area contributed by atoms with Gasteiger partial charge in [-0.1, -0.05) is 55.5 Å². The maximum atomic E-state index is 12.5. The molecule has 6 nitrogen and oxygen atoms in total. The molecule has 1 amide bonds. The zero-order valence-corrected chi connectivity index (χ0v) is 18.4. The van der Waals surface area contributed by atoms with E-state index in [1.165, 1.54) is 0 Å². The monoisotopic (exact) mass is 438 g/mol. The second-order valence-electron chi connectivity index (χ2n) is 7.29. The van der Waals surface area contributed by atoms with Gasteiger partial charge in [0.2, 0.25) is 15.9 Å². The lowest BCUT2D eigenvalue weighted by atomic mass is 10.0. The first-order valence-corrected chi connectivity index (χ1v) is 11.8. The molecule has 0 spiro atoms. The third-order valence-corrected chi connectivity index (χ3v) is 5.91. The highest BCUT2D eigenvalue weighted by molar-refractivity contribution is 7.92. The van der Waals surface area contributed by atoms with Crippen molar-refractivity contribution < 1.29 is 17.9 Å². The van der Waals surface area contributed by atoms with Crippen LogP contribution in [0.1, 0.15) is 18.4 Å². The number of carbonyl (C=O) groups is 1. The lowest BCUT2D eigenvalue weighted by molar-refractivity contribution is -0.119. The van der Waals surface area contributed by atoms with Crippen LogP contribution in [0, 0.1) is 0 Å². The average molecular weight is 439 g/mol. The predicted octanol–water partition coefficient (Wildman–Crippen LogP) is 4.16. The van der Waals surface area contributed by atoms with Gasteiger partial charge in [-0.3, -0.25) is 9.10 Å². The van der Waals surface area contributed by atoms with Crippen LogP contribution < -0.4 is 14.4 Å². The van der Waals surface area contributed by atoms with E-state index in [0.717, 1.165) is 16.1 Å². The van der Waals surface area contributed by atoms with Crippen LogP contribution in [0.15, 0.2) is 84.9 Å². The summed E-state index contributed by atoms with van der Waals surface area (Å²) in [5, 5.41) is 2.83. The molecule has 3 aromatic rings. The number of sulfonamides is 1. The Bertz CT molecular complexity index is 1090. The Labute approximate surface area is 183 Å². The fraction of sp³-hybridized carbons (Fsp3) is 0.208. The third kappa shape index (κ3) is 6.58. The van der Waals surface area contributed by atoms with Crippen LogP contribution in [-0.4, -0.2) is 33.7 Å². The van der Waals surface area contributed by atoms with E-state index in [1.54, 1.807) is 24.3 Å². The summed E-state index contributed by atoms with van der Waals surface area (Å²) >= 11 is 0. The number of ether oxygens (including phenoxy) is 1. The number of anilines is 1. The first-order valence-electron chi connectivity index (χ1n) is 9.95. The Hall–Kier alpha value is -3.32. The van der Waals surface area contributed by atoms with Crippen LogP contribution in [0.5, 0.6) is 11.5 Å². The first-order chi connectivity index (χ1) is 14.8. The van der Waals surface area contributed by atoms with E-state index in [2.05, 4.69) is 5.32 Å². The number of carbonyl (C=O) groups excluding carboxylic acids is 1. The van der Waals surface area contributed by atoms with Crippen molar-refractivity contribution in [3.8, 4) is 11.5 Å². The van der Waals surface area contributed by atoms with Crippen LogP contribution in [0.25, 0.3) is 0 Å². The first kappa shape index (κ1) is 22.4. The molecule has 1 atom stereocenters. The van der Waals surface area contributed by atoms with Crippen LogP contribution in [0.3, 0.4) is 0 Å². The summed E-state index contributed by atoms with van der Waals surface area (Å²) in [5.74, 6) is 1.01. The summed E-state index contributed by atoms with van der Waals surface area (Å²) in [6, 6.07) is 25.7. The summed E-state index contributed by atoms with van der Waals surface area (Å²) in [5.41, 5.74) is 1.51. The van der Waals surface area contributed by atoms with Gasteiger partial charge in [-0.15, -0.1) is 0 Å². The summed E-state index contributed by atoms with van der Waals surface area (Å²) in [6.07, 6.45) is 1.08. The van der Waals surface area contributed by atoms with Crippen LogP contribution in [0.2, 0.25) is 0 Å². The summed E-state index contributed by atoms with van der Waals surface area (Å²) in [6.45, 7) is 2.14. The van der Waals surface area contributed by atoms with Crippen molar-refractivity contribution in [1.29, 1.82) is 0 Å². The highest BCUT2D eigenvalue weighted by Crippen LogP contribution is 2.25. The van der Waals surface area contributed by atoms with Gasteiger partial charge in [0.05, 0.1) is 11.9 Å². The average Bonchev–Trinajstić information content (AvgIpc) is 2.77. The molecule has 0 unspecified atom stereocenters. The SMILES string of the molecule is C[C@H](CNC(=O)CN(c1ccc(Oc2ccccc2)cc1)S(C)(=O)=O)c1ccccc1. The number of rotatable bonds is 9. The molecule has 1 N–H and O–H groups in total. The van der Waals surface area contributed by atoms with E-state index in [1.807, 2.05) is 67.6 Å². The van der Waals surface area contributed by atoms with Crippen molar-refractivity contribution in [3.05, 3.63) is 90.5 Å². The smallest absolute Gasteiger partial charge is 0.240 e. The molecule has 7 heteroatoms. The Morgan fingerprint density at radius 1 is 0.903 bits per heavy atom. The highest BCUT2D eigenvalue weighted by Gasteiger charge is 2.21. The summed E-state index contributed by atoms with van der Waals surface area (Å²) in [7, 11) is -3.64. The van der Waals surface area contributed by atoms with Crippen LogP contribution >= 0.6 is 0 Å². The molecule has 0 saturated heterocycles. The normalized spacial score (nSPS) is 12.1. The minimum Gasteiger partial charge on any atom is -0.457 e. The number of nitrogens with zero attached hydrogens (tertiary/aromatic N) is 1. The van der Waals surface area contributed by atoms with Gasteiger partial charge in [0.1, 0.15) is 18.0 Å². The lowest BCUT2D eigenvalue weighted by Crippen LogP contribution is -2.41. The number of hydrogen-bond acceptors (Lipinski definition) is 4. The van der Waals surface area contributed by atoms with E-state index >= 15 is 0 Å². The molecule has 0 bridgehead atoms. The molecule has 0 heterocycles. The van der Waals surface area contributed by atoms with E-state index in [0.29, 0.717) is 23.7 Å². The fourth-order valence-corrected chi connectivity index (χ4v) is 3.91. The third-order valence-electron chi connectivity index (χ3n) is 4.77. The number of benzene rings is 3. The number of hydrogen-bond donors (Lipinski definition) is 1. The quantitative estimate of drug-likeness (QED) is 0.544. The minimum absolute atomic E-state index is 0.117. The van der Waals surface area contributed by atoms with Gasteiger partial charge in [-0.05, 0) is 47.9 Å². The summed E-state index contributed by atoms with van der Waals surface area (Å²) in [4.78, 5) is 12.5. The molecule has 0 aromatic heterocycles. The van der Waals surface area contributed by atoms with E-state index in [9.17, 15) is 13.2 Å². The van der Waals surface area contributed by atoms with Gasteiger partial charge in [0.25, 0.3) is 0 Å². The Balaban J connectivity index is 1.64. The Morgan fingerprint density at radius 3 is 2.03 bits per heavy atom. The fourth-order valence-electron chi connectivity index (χ4n) is 3.06. The number of nitrogens with one attached hydrogen (secondary N) is 1. The van der Waals surface area contributed by atoms with Gasteiger partial charge in [-0.25, -0.2) is 8.42 Å². The number of para-hydroxylation sites is 1. The molecule has 3 aromatic carbocycles. The predicted molar refractivity (Wildman–Crippen MR) is 123 cm³/mol. The van der Waals surface area contributed by atoms with Crippen molar-refractivity contribution in [3.63, 3.8) is 0 Å². The number of amides is 1. The van der Waals surface area contributed by atoms with Crippen molar-refractivity contribution in [2.24, 2.45) is 0 Å². The van der Waals surface area contributed by atoms with E-state index in [4.69, 9.17) is 4.74 Å². The molecule has 3 rings (SSSR count). The van der Waals surface area contributed by atoms with Crippen LogP contribution in [0.4, 0.5) is 5.69 Å². The molecule has 0 aliphatic rings. The van der Waals surface area contributed by atoms with Gasteiger partial charge in [0, 0.05) is 6.54 Å². The lowest BCUT2D eigenvalue weighted by Gasteiger charge is -2.22.